The minimum Gasteiger partial charge on any atom is -0.211 e. The highest BCUT2D eigenvalue weighted by atomic mass is 79.9. The normalized spacial score (nSPS) is 14.0. The Bertz CT molecular complexity index is 57.6. The zero-order chi connectivity index (χ0) is 5.15. The summed E-state index contributed by atoms with van der Waals surface area (Å²) in [6.07, 6.45) is 0. The van der Waals surface area contributed by atoms with Crippen LogP contribution < -0.4 is 0 Å². The van der Waals surface area contributed by atoms with Crippen LogP contribution in [-0.4, -0.2) is 0 Å². The predicted molar refractivity (Wildman–Crippen MR) is 28.4 cm³/mol. The largest absolute Gasteiger partial charge is 0.211 e. The molecule has 0 fully saturated rings. The molecule has 0 aromatic carbocycles. The number of halogens is 2. The van der Waals surface area contributed by atoms with Crippen molar-refractivity contribution in [1.29, 1.82) is 0 Å². The van der Waals surface area contributed by atoms with Crippen LogP contribution in [0.3, 0.4) is 0 Å². The van der Waals surface area contributed by atoms with E-state index in [1.165, 1.54) is 6.92 Å². The van der Waals surface area contributed by atoms with Crippen LogP contribution >= 0.6 is 15.9 Å². The maximum atomic E-state index is 11.7. The van der Waals surface area contributed by atoms with E-state index in [0.717, 1.165) is 0 Å². The summed E-state index contributed by atoms with van der Waals surface area (Å²) in [5.41, 5.74) is 0. The molecule has 0 aliphatic carbocycles. The lowest BCUT2D eigenvalue weighted by Gasteiger charge is -1.80. The van der Waals surface area contributed by atoms with E-state index in [2.05, 4.69) is 15.9 Å². The highest BCUT2D eigenvalue weighted by molar-refractivity contribution is 9.11. The molecule has 0 heterocycles. The molecule has 0 atom stereocenters. The number of rotatable bonds is 0. The third-order valence-corrected chi connectivity index (χ3v) is 1.02. The summed E-state index contributed by atoms with van der Waals surface area (Å²) in [6.45, 7) is 3.07. The van der Waals surface area contributed by atoms with Crippen LogP contribution in [0, 0.1) is 0 Å². The number of allylic oxidation sites excluding steroid dienone is 2. The Hall–Kier alpha value is 0.150. The summed E-state index contributed by atoms with van der Waals surface area (Å²) in [5.74, 6) is -0.157. The SMILES string of the molecule is CC(F)=C(C)Br. The lowest BCUT2D eigenvalue weighted by Crippen LogP contribution is -1.59. The van der Waals surface area contributed by atoms with Gasteiger partial charge in [0.15, 0.2) is 0 Å². The first-order valence-corrected chi connectivity index (χ1v) is 2.42. The molecule has 0 spiro atoms. The molecule has 0 radical (unpaired) electrons. The molecular formula is C4H6BrF. The molecule has 6 heavy (non-hydrogen) atoms. The molecule has 36 valence electrons. The van der Waals surface area contributed by atoms with E-state index in [0.29, 0.717) is 4.48 Å². The topological polar surface area (TPSA) is 0 Å². The van der Waals surface area contributed by atoms with Crippen molar-refractivity contribution in [3.63, 3.8) is 0 Å². The van der Waals surface area contributed by atoms with Crippen LogP contribution in [-0.2, 0) is 0 Å². The average Bonchev–Trinajstić information content (AvgIpc) is 1.36. The van der Waals surface area contributed by atoms with Crippen molar-refractivity contribution in [2.75, 3.05) is 0 Å². The number of hydrogen-bond donors (Lipinski definition) is 0. The fourth-order valence-corrected chi connectivity index (χ4v) is 0. The zero-order valence-electron chi connectivity index (χ0n) is 3.76. The van der Waals surface area contributed by atoms with Gasteiger partial charge in [-0.25, -0.2) is 4.39 Å². The second-order valence-corrected chi connectivity index (χ2v) is 2.26. The molecule has 0 bridgehead atoms. The summed E-state index contributed by atoms with van der Waals surface area (Å²) in [7, 11) is 0. The predicted octanol–water partition coefficient (Wildman–Crippen LogP) is 2.60. The fourth-order valence-electron chi connectivity index (χ4n) is 0. The first kappa shape index (κ1) is 6.15. The summed E-state index contributed by atoms with van der Waals surface area (Å²) >= 11 is 2.94. The van der Waals surface area contributed by atoms with Gasteiger partial charge in [-0.2, -0.15) is 0 Å². The standard InChI is InChI=1S/C4H6BrF/c1-3(5)4(2)6/h1-2H3. The van der Waals surface area contributed by atoms with Crippen molar-refractivity contribution in [2.24, 2.45) is 0 Å². The Kier molecular flexibility index (Phi) is 2.40. The highest BCUT2D eigenvalue weighted by Gasteiger charge is 1.83. The molecule has 0 aromatic heterocycles. The Morgan fingerprint density at radius 3 is 1.67 bits per heavy atom. The molecule has 0 aliphatic heterocycles. The Labute approximate surface area is 45.2 Å². The van der Waals surface area contributed by atoms with E-state index >= 15 is 0 Å². The van der Waals surface area contributed by atoms with Gasteiger partial charge >= 0.3 is 0 Å². The van der Waals surface area contributed by atoms with Gasteiger partial charge in [-0.1, -0.05) is 15.9 Å². The molecule has 0 saturated heterocycles. The van der Waals surface area contributed by atoms with Gasteiger partial charge in [-0.3, -0.25) is 0 Å². The van der Waals surface area contributed by atoms with Crippen LogP contribution in [0.2, 0.25) is 0 Å². The Balaban J connectivity index is 3.68. The van der Waals surface area contributed by atoms with Gasteiger partial charge in [0.2, 0.25) is 0 Å². The zero-order valence-corrected chi connectivity index (χ0v) is 5.34. The minimum atomic E-state index is -0.157. The van der Waals surface area contributed by atoms with Gasteiger partial charge < -0.3 is 0 Å². The maximum absolute atomic E-state index is 11.7. The molecule has 0 saturated carbocycles. The van der Waals surface area contributed by atoms with Crippen molar-refractivity contribution in [2.45, 2.75) is 13.8 Å². The highest BCUT2D eigenvalue weighted by Crippen LogP contribution is 2.09. The third-order valence-electron chi connectivity index (χ3n) is 0.475. The maximum Gasteiger partial charge on any atom is 0.107 e. The van der Waals surface area contributed by atoms with Crippen LogP contribution in [0.1, 0.15) is 13.8 Å². The van der Waals surface area contributed by atoms with Crippen LogP contribution in [0.25, 0.3) is 0 Å². The monoisotopic (exact) mass is 152 g/mol. The summed E-state index contributed by atoms with van der Waals surface area (Å²) in [5, 5.41) is 0. The van der Waals surface area contributed by atoms with E-state index in [1.807, 2.05) is 0 Å². The van der Waals surface area contributed by atoms with Gasteiger partial charge in [0.1, 0.15) is 5.83 Å². The van der Waals surface area contributed by atoms with Crippen molar-refractivity contribution < 1.29 is 4.39 Å². The molecule has 0 unspecified atom stereocenters. The summed E-state index contributed by atoms with van der Waals surface area (Å²) in [4.78, 5) is 0. The first-order chi connectivity index (χ1) is 2.64. The van der Waals surface area contributed by atoms with E-state index in [1.54, 1.807) is 6.92 Å². The number of hydrogen-bond acceptors (Lipinski definition) is 0. The van der Waals surface area contributed by atoms with Gasteiger partial charge in [0.25, 0.3) is 0 Å². The van der Waals surface area contributed by atoms with Crippen LogP contribution in [0.15, 0.2) is 10.3 Å². The van der Waals surface area contributed by atoms with Gasteiger partial charge in [-0.05, 0) is 13.8 Å². The first-order valence-electron chi connectivity index (χ1n) is 1.63. The molecule has 0 aromatic rings. The molecule has 0 aliphatic rings. The second kappa shape index (κ2) is 2.35. The van der Waals surface area contributed by atoms with Crippen LogP contribution in [0.5, 0.6) is 0 Å². The minimum absolute atomic E-state index is 0.157. The fraction of sp³-hybridized carbons (Fsp3) is 0.500. The molecule has 0 N–H and O–H groups in total. The summed E-state index contributed by atoms with van der Waals surface area (Å²) in [6, 6.07) is 0. The van der Waals surface area contributed by atoms with E-state index in [-0.39, 0.29) is 5.83 Å². The van der Waals surface area contributed by atoms with Gasteiger partial charge in [0, 0.05) is 4.48 Å². The molecule has 2 heteroatoms. The van der Waals surface area contributed by atoms with Crippen molar-refractivity contribution in [1.82, 2.24) is 0 Å². The molecule has 0 amide bonds. The quantitative estimate of drug-likeness (QED) is 0.501. The molecule has 0 nitrogen and oxygen atoms in total. The van der Waals surface area contributed by atoms with E-state index < -0.39 is 0 Å². The smallest absolute Gasteiger partial charge is 0.107 e. The van der Waals surface area contributed by atoms with E-state index in [9.17, 15) is 4.39 Å². The van der Waals surface area contributed by atoms with Crippen molar-refractivity contribution >= 4 is 15.9 Å². The van der Waals surface area contributed by atoms with Crippen molar-refractivity contribution in [3.8, 4) is 0 Å². The lowest BCUT2D eigenvalue weighted by atomic mass is 10.6. The second-order valence-electron chi connectivity index (χ2n) is 1.07. The van der Waals surface area contributed by atoms with Gasteiger partial charge in [-0.15, -0.1) is 0 Å². The van der Waals surface area contributed by atoms with Crippen LogP contribution in [0.4, 0.5) is 4.39 Å². The molecule has 0 rings (SSSR count). The Morgan fingerprint density at radius 2 is 1.67 bits per heavy atom. The van der Waals surface area contributed by atoms with Gasteiger partial charge in [0.05, 0.1) is 0 Å². The lowest BCUT2D eigenvalue weighted by molar-refractivity contribution is 0.636. The van der Waals surface area contributed by atoms with E-state index in [4.69, 9.17) is 0 Å². The Morgan fingerprint density at radius 1 is 1.50 bits per heavy atom. The average molecular weight is 153 g/mol. The third kappa shape index (κ3) is 2.39. The van der Waals surface area contributed by atoms with Crippen molar-refractivity contribution in [3.05, 3.63) is 10.3 Å². The molecular weight excluding hydrogens is 147 g/mol. The summed E-state index contributed by atoms with van der Waals surface area (Å²) < 4.78 is 12.2.